The highest BCUT2D eigenvalue weighted by Crippen LogP contribution is 2.19. The number of benzene rings is 1. The van der Waals surface area contributed by atoms with Crippen LogP contribution < -0.4 is 10.6 Å². The fourth-order valence-corrected chi connectivity index (χ4v) is 2.01. The summed E-state index contributed by atoms with van der Waals surface area (Å²) in [6, 6.07) is 6.66. The average molecular weight is 352 g/mol. The number of ether oxygens (including phenoxy) is 1. The van der Waals surface area contributed by atoms with E-state index in [2.05, 4.69) is 15.6 Å². The second-order valence-electron chi connectivity index (χ2n) is 4.76. The van der Waals surface area contributed by atoms with Gasteiger partial charge in [0.1, 0.15) is 11.5 Å². The van der Waals surface area contributed by atoms with Crippen LogP contribution in [0.3, 0.4) is 0 Å². The van der Waals surface area contributed by atoms with Crippen molar-refractivity contribution in [1.82, 2.24) is 10.3 Å². The summed E-state index contributed by atoms with van der Waals surface area (Å²) in [5, 5.41) is 5.08. The third-order valence-electron chi connectivity index (χ3n) is 3.02. The number of hydrogen-bond donors (Lipinski definition) is 2. The molecule has 0 aliphatic heterocycles. The second-order valence-corrected chi connectivity index (χ2v) is 5.17. The molecule has 0 radical (unpaired) electrons. The topological polar surface area (TPSA) is 80.3 Å². The van der Waals surface area contributed by atoms with Crippen molar-refractivity contribution in [2.45, 2.75) is 0 Å². The van der Waals surface area contributed by atoms with Crippen LogP contribution in [-0.2, 0) is 4.74 Å². The van der Waals surface area contributed by atoms with Gasteiger partial charge in [0.25, 0.3) is 11.8 Å². The van der Waals surface area contributed by atoms with Gasteiger partial charge < -0.3 is 15.4 Å². The van der Waals surface area contributed by atoms with Crippen LogP contribution in [0.5, 0.6) is 0 Å². The maximum Gasteiger partial charge on any atom is 0.274 e. The zero-order valence-electron chi connectivity index (χ0n) is 12.8. The van der Waals surface area contributed by atoms with E-state index in [9.17, 15) is 14.0 Å². The smallest absolute Gasteiger partial charge is 0.274 e. The highest BCUT2D eigenvalue weighted by Gasteiger charge is 2.12. The molecule has 1 heterocycles. The minimum absolute atomic E-state index is 0.0508. The lowest BCUT2D eigenvalue weighted by atomic mass is 10.2. The highest BCUT2D eigenvalue weighted by atomic mass is 35.5. The standard InChI is InChI=1S/C16H15ClFN3O3/c1-24-7-6-20-15(22)10-4-5-19-14(8-10)16(23)21-11-2-3-13(18)12(17)9-11/h2-5,8-9H,6-7H2,1H3,(H,20,22)(H,21,23). The van der Waals surface area contributed by atoms with E-state index in [4.69, 9.17) is 16.3 Å². The first-order chi connectivity index (χ1) is 11.5. The molecular formula is C16H15ClFN3O3. The molecule has 0 bridgehead atoms. The van der Waals surface area contributed by atoms with E-state index >= 15 is 0 Å². The number of amides is 2. The maximum absolute atomic E-state index is 13.1. The van der Waals surface area contributed by atoms with Gasteiger partial charge in [0.2, 0.25) is 0 Å². The third kappa shape index (κ3) is 4.74. The number of methoxy groups -OCH3 is 1. The Morgan fingerprint density at radius 1 is 1.25 bits per heavy atom. The summed E-state index contributed by atoms with van der Waals surface area (Å²) in [6.07, 6.45) is 1.36. The van der Waals surface area contributed by atoms with Gasteiger partial charge in [-0.2, -0.15) is 0 Å². The number of halogens is 2. The van der Waals surface area contributed by atoms with Gasteiger partial charge in [-0.05, 0) is 30.3 Å². The molecule has 0 spiro atoms. The summed E-state index contributed by atoms with van der Waals surface area (Å²) >= 11 is 5.67. The summed E-state index contributed by atoms with van der Waals surface area (Å²) in [7, 11) is 1.53. The summed E-state index contributed by atoms with van der Waals surface area (Å²) in [6.45, 7) is 0.739. The van der Waals surface area contributed by atoms with Gasteiger partial charge in [-0.15, -0.1) is 0 Å². The van der Waals surface area contributed by atoms with Crippen LogP contribution in [-0.4, -0.2) is 37.1 Å². The first-order valence-electron chi connectivity index (χ1n) is 7.01. The Labute approximate surface area is 143 Å². The quantitative estimate of drug-likeness (QED) is 0.784. The Morgan fingerprint density at radius 3 is 2.75 bits per heavy atom. The summed E-state index contributed by atoms with van der Waals surface area (Å²) in [4.78, 5) is 28.1. The lowest BCUT2D eigenvalue weighted by molar-refractivity contribution is 0.0937. The lowest BCUT2D eigenvalue weighted by Crippen LogP contribution is -2.27. The number of nitrogens with one attached hydrogen (secondary N) is 2. The molecule has 2 rings (SSSR count). The Hall–Kier alpha value is -2.51. The normalized spacial score (nSPS) is 10.3. The van der Waals surface area contributed by atoms with Gasteiger partial charge in [-0.1, -0.05) is 11.6 Å². The monoisotopic (exact) mass is 351 g/mol. The summed E-state index contributed by atoms with van der Waals surface area (Å²) in [5.74, 6) is -1.46. The number of carbonyl (C=O) groups is 2. The molecule has 1 aromatic heterocycles. The molecule has 2 aromatic rings. The average Bonchev–Trinajstić information content (AvgIpc) is 2.58. The van der Waals surface area contributed by atoms with Crippen LogP contribution >= 0.6 is 11.6 Å². The summed E-state index contributed by atoms with van der Waals surface area (Å²) in [5.41, 5.74) is 0.668. The Kier molecular flexibility index (Phi) is 6.22. The highest BCUT2D eigenvalue weighted by molar-refractivity contribution is 6.31. The van der Waals surface area contributed by atoms with Crippen molar-refractivity contribution in [2.24, 2.45) is 0 Å². The van der Waals surface area contributed by atoms with E-state index < -0.39 is 11.7 Å². The third-order valence-corrected chi connectivity index (χ3v) is 3.31. The molecule has 0 aliphatic carbocycles. The van der Waals surface area contributed by atoms with E-state index in [1.54, 1.807) is 0 Å². The van der Waals surface area contributed by atoms with E-state index in [0.29, 0.717) is 24.4 Å². The van der Waals surface area contributed by atoms with E-state index in [0.717, 1.165) is 6.07 Å². The maximum atomic E-state index is 13.1. The molecule has 1 aromatic carbocycles. The van der Waals surface area contributed by atoms with Gasteiger partial charge in [-0.3, -0.25) is 14.6 Å². The lowest BCUT2D eigenvalue weighted by Gasteiger charge is -2.07. The van der Waals surface area contributed by atoms with Crippen molar-refractivity contribution in [1.29, 1.82) is 0 Å². The number of pyridine rings is 1. The van der Waals surface area contributed by atoms with Crippen LogP contribution in [0.15, 0.2) is 36.5 Å². The van der Waals surface area contributed by atoms with Crippen LogP contribution in [0.25, 0.3) is 0 Å². The molecule has 0 aliphatic rings. The largest absolute Gasteiger partial charge is 0.383 e. The van der Waals surface area contributed by atoms with Gasteiger partial charge in [0.15, 0.2) is 0 Å². The molecule has 0 atom stereocenters. The van der Waals surface area contributed by atoms with Crippen molar-refractivity contribution in [3.05, 3.63) is 58.6 Å². The molecule has 2 amide bonds. The van der Waals surface area contributed by atoms with Crippen molar-refractivity contribution in [3.8, 4) is 0 Å². The SMILES string of the molecule is COCCNC(=O)c1ccnc(C(=O)Nc2ccc(F)c(Cl)c2)c1. The number of nitrogens with zero attached hydrogens (tertiary/aromatic N) is 1. The first-order valence-corrected chi connectivity index (χ1v) is 7.38. The molecular weight excluding hydrogens is 337 g/mol. The summed E-state index contributed by atoms with van der Waals surface area (Å²) < 4.78 is 18.0. The zero-order chi connectivity index (χ0) is 17.5. The van der Waals surface area contributed by atoms with Gasteiger partial charge >= 0.3 is 0 Å². The molecule has 0 saturated carbocycles. The van der Waals surface area contributed by atoms with Crippen molar-refractivity contribution in [3.63, 3.8) is 0 Å². The van der Waals surface area contributed by atoms with E-state index in [-0.39, 0.29) is 16.6 Å². The molecule has 24 heavy (non-hydrogen) atoms. The van der Waals surface area contributed by atoms with Crippen molar-refractivity contribution < 1.29 is 18.7 Å². The van der Waals surface area contributed by atoms with Gasteiger partial charge in [0.05, 0.1) is 11.6 Å². The van der Waals surface area contributed by atoms with Crippen LogP contribution in [0.1, 0.15) is 20.8 Å². The second kappa shape index (κ2) is 8.37. The van der Waals surface area contributed by atoms with Crippen LogP contribution in [0.4, 0.5) is 10.1 Å². The molecule has 2 N–H and O–H groups in total. The molecule has 0 unspecified atom stereocenters. The van der Waals surface area contributed by atoms with Gasteiger partial charge in [0, 0.05) is 31.1 Å². The number of aromatic nitrogens is 1. The zero-order valence-corrected chi connectivity index (χ0v) is 13.6. The van der Waals surface area contributed by atoms with Crippen molar-refractivity contribution in [2.75, 3.05) is 25.6 Å². The fraction of sp³-hybridized carbons (Fsp3) is 0.188. The van der Waals surface area contributed by atoms with Crippen LogP contribution in [0, 0.1) is 5.82 Å². The molecule has 0 saturated heterocycles. The predicted molar refractivity (Wildman–Crippen MR) is 87.8 cm³/mol. The van der Waals surface area contributed by atoms with Crippen LogP contribution in [0.2, 0.25) is 5.02 Å². The molecule has 8 heteroatoms. The van der Waals surface area contributed by atoms with E-state index in [1.807, 2.05) is 0 Å². The molecule has 126 valence electrons. The fourth-order valence-electron chi connectivity index (χ4n) is 1.83. The predicted octanol–water partition coefficient (Wildman–Crippen LogP) is 2.50. The number of hydrogen-bond acceptors (Lipinski definition) is 4. The number of rotatable bonds is 6. The minimum Gasteiger partial charge on any atom is -0.383 e. The molecule has 0 fully saturated rings. The Bertz CT molecular complexity index is 755. The Balaban J connectivity index is 2.08. The first kappa shape index (κ1) is 17.8. The minimum atomic E-state index is -0.581. The van der Waals surface area contributed by atoms with Crippen molar-refractivity contribution >= 4 is 29.1 Å². The number of carbonyl (C=O) groups excluding carboxylic acids is 2. The molecule has 6 nitrogen and oxygen atoms in total. The van der Waals surface area contributed by atoms with Gasteiger partial charge in [-0.25, -0.2) is 4.39 Å². The van der Waals surface area contributed by atoms with E-state index in [1.165, 1.54) is 37.6 Å². The Morgan fingerprint density at radius 2 is 2.04 bits per heavy atom. The number of anilines is 1.